The van der Waals surface area contributed by atoms with Crippen molar-refractivity contribution < 1.29 is 13.9 Å². The minimum atomic E-state index is -0.312. The number of benzene rings is 1. The highest BCUT2D eigenvalue weighted by Gasteiger charge is 2.12. The Balaban J connectivity index is 1.87. The second kappa shape index (κ2) is 7.43. The lowest BCUT2D eigenvalue weighted by Crippen LogP contribution is -2.38. The molecule has 0 spiro atoms. The SMILES string of the molecule is NCCc1cccc(F)c1OCCN1CCOCC1. The van der Waals surface area contributed by atoms with Crippen molar-refractivity contribution >= 4 is 0 Å². The molecule has 4 nitrogen and oxygen atoms in total. The van der Waals surface area contributed by atoms with Gasteiger partial charge in [-0.05, 0) is 24.6 Å². The van der Waals surface area contributed by atoms with E-state index in [0.717, 1.165) is 38.4 Å². The standard InChI is InChI=1S/C14H21FN2O2/c15-13-3-1-2-12(4-5-16)14(13)19-11-8-17-6-9-18-10-7-17/h1-3H,4-11,16H2. The smallest absolute Gasteiger partial charge is 0.165 e. The van der Waals surface area contributed by atoms with E-state index < -0.39 is 0 Å². The van der Waals surface area contributed by atoms with Gasteiger partial charge in [0, 0.05) is 19.6 Å². The predicted molar refractivity (Wildman–Crippen MR) is 71.9 cm³/mol. The number of hydrogen-bond donors (Lipinski definition) is 1. The quantitative estimate of drug-likeness (QED) is 0.837. The van der Waals surface area contributed by atoms with Crippen molar-refractivity contribution in [2.75, 3.05) is 46.0 Å². The van der Waals surface area contributed by atoms with Gasteiger partial charge in [-0.15, -0.1) is 0 Å². The highest BCUT2D eigenvalue weighted by molar-refractivity contribution is 5.35. The Morgan fingerprint density at radius 1 is 1.32 bits per heavy atom. The van der Waals surface area contributed by atoms with Crippen LogP contribution in [0.2, 0.25) is 0 Å². The molecule has 0 atom stereocenters. The van der Waals surface area contributed by atoms with Crippen molar-refractivity contribution in [3.63, 3.8) is 0 Å². The Kier molecular flexibility index (Phi) is 5.57. The molecule has 19 heavy (non-hydrogen) atoms. The zero-order chi connectivity index (χ0) is 13.5. The van der Waals surface area contributed by atoms with Crippen LogP contribution in [0.4, 0.5) is 4.39 Å². The molecule has 2 rings (SSSR count). The first-order valence-corrected chi connectivity index (χ1v) is 6.71. The molecule has 0 saturated carbocycles. The molecule has 2 N–H and O–H groups in total. The largest absolute Gasteiger partial charge is 0.489 e. The summed E-state index contributed by atoms with van der Waals surface area (Å²) >= 11 is 0. The monoisotopic (exact) mass is 268 g/mol. The Labute approximate surface area is 113 Å². The van der Waals surface area contributed by atoms with Gasteiger partial charge < -0.3 is 15.2 Å². The summed E-state index contributed by atoms with van der Waals surface area (Å²) < 4.78 is 24.6. The topological polar surface area (TPSA) is 47.7 Å². The van der Waals surface area contributed by atoms with Gasteiger partial charge in [-0.25, -0.2) is 4.39 Å². The maximum absolute atomic E-state index is 13.7. The maximum atomic E-state index is 13.7. The van der Waals surface area contributed by atoms with Crippen molar-refractivity contribution in [1.29, 1.82) is 0 Å². The molecule has 0 aromatic heterocycles. The van der Waals surface area contributed by atoms with Crippen LogP contribution in [-0.2, 0) is 11.2 Å². The number of rotatable bonds is 6. The Morgan fingerprint density at radius 3 is 2.84 bits per heavy atom. The van der Waals surface area contributed by atoms with Gasteiger partial charge in [-0.3, -0.25) is 4.90 Å². The van der Waals surface area contributed by atoms with Crippen molar-refractivity contribution in [3.8, 4) is 5.75 Å². The molecule has 1 aromatic rings. The van der Waals surface area contributed by atoms with E-state index in [1.165, 1.54) is 6.07 Å². The van der Waals surface area contributed by atoms with Crippen LogP contribution in [-0.4, -0.2) is 50.9 Å². The lowest BCUT2D eigenvalue weighted by Gasteiger charge is -2.26. The molecule has 1 aromatic carbocycles. The van der Waals surface area contributed by atoms with Crippen LogP contribution in [0.1, 0.15) is 5.56 Å². The summed E-state index contributed by atoms with van der Waals surface area (Å²) in [6.45, 7) is 5.12. The van der Waals surface area contributed by atoms with Crippen molar-refractivity contribution in [1.82, 2.24) is 4.90 Å². The van der Waals surface area contributed by atoms with Crippen LogP contribution in [0, 0.1) is 5.82 Å². The van der Waals surface area contributed by atoms with E-state index in [2.05, 4.69) is 4.90 Å². The van der Waals surface area contributed by atoms with E-state index in [4.69, 9.17) is 15.2 Å². The van der Waals surface area contributed by atoms with Crippen LogP contribution in [0.3, 0.4) is 0 Å². The fraction of sp³-hybridized carbons (Fsp3) is 0.571. The molecule has 1 heterocycles. The second-order valence-corrected chi connectivity index (χ2v) is 4.57. The predicted octanol–water partition coefficient (Wildman–Crippen LogP) is 1.04. The summed E-state index contributed by atoms with van der Waals surface area (Å²) in [6, 6.07) is 4.97. The van der Waals surface area contributed by atoms with Crippen molar-refractivity contribution in [2.24, 2.45) is 5.73 Å². The molecule has 1 aliphatic rings. The van der Waals surface area contributed by atoms with Crippen LogP contribution in [0.15, 0.2) is 18.2 Å². The summed E-state index contributed by atoms with van der Waals surface area (Å²) in [4.78, 5) is 2.26. The van der Waals surface area contributed by atoms with E-state index in [9.17, 15) is 4.39 Å². The number of hydrogen-bond acceptors (Lipinski definition) is 4. The first kappa shape index (κ1) is 14.2. The first-order valence-electron chi connectivity index (χ1n) is 6.71. The fourth-order valence-electron chi connectivity index (χ4n) is 2.17. The summed E-state index contributed by atoms with van der Waals surface area (Å²) in [5.41, 5.74) is 6.36. The number of morpholine rings is 1. The highest BCUT2D eigenvalue weighted by atomic mass is 19.1. The van der Waals surface area contributed by atoms with Gasteiger partial charge in [0.1, 0.15) is 6.61 Å². The van der Waals surface area contributed by atoms with Gasteiger partial charge in [0.15, 0.2) is 11.6 Å². The van der Waals surface area contributed by atoms with E-state index in [0.29, 0.717) is 25.3 Å². The molecule has 106 valence electrons. The summed E-state index contributed by atoms with van der Waals surface area (Å²) in [7, 11) is 0. The van der Waals surface area contributed by atoms with Gasteiger partial charge in [0.05, 0.1) is 13.2 Å². The molecular weight excluding hydrogens is 247 g/mol. The zero-order valence-corrected chi connectivity index (χ0v) is 11.1. The molecule has 0 bridgehead atoms. The van der Waals surface area contributed by atoms with Crippen LogP contribution < -0.4 is 10.5 Å². The lowest BCUT2D eigenvalue weighted by atomic mass is 10.1. The molecule has 1 saturated heterocycles. The first-order chi connectivity index (χ1) is 9.31. The Bertz CT molecular complexity index is 395. The number of ether oxygens (including phenoxy) is 2. The van der Waals surface area contributed by atoms with Crippen molar-refractivity contribution in [2.45, 2.75) is 6.42 Å². The molecule has 0 aliphatic carbocycles. The second-order valence-electron chi connectivity index (χ2n) is 4.57. The Morgan fingerprint density at radius 2 is 2.11 bits per heavy atom. The van der Waals surface area contributed by atoms with Gasteiger partial charge in [0.25, 0.3) is 0 Å². The number of para-hydroxylation sites is 1. The van der Waals surface area contributed by atoms with E-state index in [1.807, 2.05) is 6.07 Å². The summed E-state index contributed by atoms with van der Waals surface area (Å²) in [5, 5.41) is 0. The number of nitrogens with two attached hydrogens (primary N) is 1. The highest BCUT2D eigenvalue weighted by Crippen LogP contribution is 2.22. The van der Waals surface area contributed by atoms with Crippen LogP contribution in [0.25, 0.3) is 0 Å². The molecule has 0 unspecified atom stereocenters. The minimum absolute atomic E-state index is 0.312. The van der Waals surface area contributed by atoms with E-state index in [1.54, 1.807) is 6.07 Å². The molecule has 5 heteroatoms. The average molecular weight is 268 g/mol. The third-order valence-corrected chi connectivity index (χ3v) is 3.22. The molecule has 1 fully saturated rings. The van der Waals surface area contributed by atoms with Gasteiger partial charge in [0.2, 0.25) is 0 Å². The Hall–Kier alpha value is -1.17. The third-order valence-electron chi connectivity index (χ3n) is 3.22. The minimum Gasteiger partial charge on any atom is -0.489 e. The number of halogens is 1. The van der Waals surface area contributed by atoms with Crippen LogP contribution in [0.5, 0.6) is 5.75 Å². The molecular formula is C14H21FN2O2. The van der Waals surface area contributed by atoms with E-state index in [-0.39, 0.29) is 5.82 Å². The number of nitrogens with zero attached hydrogens (tertiary/aromatic N) is 1. The normalized spacial score (nSPS) is 16.5. The van der Waals surface area contributed by atoms with Gasteiger partial charge in [-0.2, -0.15) is 0 Å². The van der Waals surface area contributed by atoms with Crippen molar-refractivity contribution in [3.05, 3.63) is 29.6 Å². The van der Waals surface area contributed by atoms with Gasteiger partial charge in [-0.1, -0.05) is 12.1 Å². The molecule has 1 aliphatic heterocycles. The lowest BCUT2D eigenvalue weighted by molar-refractivity contribution is 0.0320. The van der Waals surface area contributed by atoms with E-state index >= 15 is 0 Å². The molecule has 0 radical (unpaired) electrons. The third kappa shape index (κ3) is 4.16. The fourth-order valence-corrected chi connectivity index (χ4v) is 2.17. The zero-order valence-electron chi connectivity index (χ0n) is 11.1. The average Bonchev–Trinajstić information content (AvgIpc) is 2.43. The van der Waals surface area contributed by atoms with Gasteiger partial charge >= 0.3 is 0 Å². The summed E-state index contributed by atoms with van der Waals surface area (Å²) in [5.74, 6) is 0.0362. The summed E-state index contributed by atoms with van der Waals surface area (Å²) in [6.07, 6.45) is 0.630. The van der Waals surface area contributed by atoms with Crippen LogP contribution >= 0.6 is 0 Å². The maximum Gasteiger partial charge on any atom is 0.165 e. The molecule has 0 amide bonds.